The summed E-state index contributed by atoms with van der Waals surface area (Å²) in [5, 5.41) is 1.68. The minimum Gasteiger partial charge on any atom is -0.329 e. The SMILES string of the molecule is Cc1nc(N(C)c2ccc3c(c2)C(Cc2ccccc2Cl)C(=O)N3C)c2ccccc2n1. The molecule has 0 saturated carbocycles. The minimum atomic E-state index is -0.271. The van der Waals surface area contributed by atoms with E-state index in [1.54, 1.807) is 4.90 Å². The zero-order chi connectivity index (χ0) is 22.4. The van der Waals surface area contributed by atoms with E-state index in [0.717, 1.165) is 45.0 Å². The van der Waals surface area contributed by atoms with Crippen LogP contribution in [0.2, 0.25) is 5.02 Å². The number of anilines is 3. The fraction of sp³-hybridized carbons (Fsp3) is 0.192. The summed E-state index contributed by atoms with van der Waals surface area (Å²) in [5.41, 5.74) is 4.81. The number of aromatic nitrogens is 2. The van der Waals surface area contributed by atoms with Crippen LogP contribution in [0, 0.1) is 6.92 Å². The van der Waals surface area contributed by atoms with E-state index in [2.05, 4.69) is 16.0 Å². The van der Waals surface area contributed by atoms with E-state index >= 15 is 0 Å². The maximum atomic E-state index is 13.1. The Labute approximate surface area is 192 Å². The van der Waals surface area contributed by atoms with Gasteiger partial charge in [-0.15, -0.1) is 0 Å². The van der Waals surface area contributed by atoms with Crippen LogP contribution in [0.3, 0.4) is 0 Å². The van der Waals surface area contributed by atoms with E-state index in [-0.39, 0.29) is 11.8 Å². The lowest BCUT2D eigenvalue weighted by Gasteiger charge is -2.22. The number of hydrogen-bond acceptors (Lipinski definition) is 4. The Morgan fingerprint density at radius 1 is 1.03 bits per heavy atom. The zero-order valence-corrected chi connectivity index (χ0v) is 19.0. The summed E-state index contributed by atoms with van der Waals surface area (Å²) < 4.78 is 0. The van der Waals surface area contributed by atoms with Crippen LogP contribution in [-0.2, 0) is 11.2 Å². The van der Waals surface area contributed by atoms with Gasteiger partial charge in [0.2, 0.25) is 5.91 Å². The lowest BCUT2D eigenvalue weighted by atomic mass is 9.92. The highest BCUT2D eigenvalue weighted by Crippen LogP contribution is 2.42. The van der Waals surface area contributed by atoms with Crippen molar-refractivity contribution in [3.8, 4) is 0 Å². The summed E-state index contributed by atoms with van der Waals surface area (Å²) in [4.78, 5) is 26.2. The molecule has 32 heavy (non-hydrogen) atoms. The number of rotatable bonds is 4. The molecular formula is C26H23ClN4O. The summed E-state index contributed by atoms with van der Waals surface area (Å²) in [7, 11) is 3.83. The Kier molecular flexibility index (Phi) is 5.06. The van der Waals surface area contributed by atoms with Gasteiger partial charge in [0.1, 0.15) is 11.6 Å². The molecule has 6 heteroatoms. The summed E-state index contributed by atoms with van der Waals surface area (Å²) in [6.07, 6.45) is 0.568. The van der Waals surface area contributed by atoms with Gasteiger partial charge < -0.3 is 9.80 Å². The Balaban J connectivity index is 1.57. The van der Waals surface area contributed by atoms with Gasteiger partial charge in [-0.3, -0.25) is 4.79 Å². The van der Waals surface area contributed by atoms with Gasteiger partial charge >= 0.3 is 0 Å². The molecule has 5 nitrogen and oxygen atoms in total. The van der Waals surface area contributed by atoms with Crippen molar-refractivity contribution >= 4 is 45.6 Å². The minimum absolute atomic E-state index is 0.0862. The standard InChI is InChI=1S/C26H23ClN4O/c1-16-28-23-11-7-5-9-19(23)25(29-16)30(2)18-12-13-24-20(15-18)21(26(32)31(24)3)14-17-8-4-6-10-22(17)27/h4-13,15,21H,14H2,1-3H3. The molecule has 1 aliphatic rings. The number of hydrogen-bond donors (Lipinski definition) is 0. The van der Waals surface area contributed by atoms with Gasteiger partial charge in [0.25, 0.3) is 0 Å². The van der Waals surface area contributed by atoms with Gasteiger partial charge in [-0.25, -0.2) is 9.97 Å². The van der Waals surface area contributed by atoms with Crippen LogP contribution < -0.4 is 9.80 Å². The van der Waals surface area contributed by atoms with Crippen LogP contribution in [0.4, 0.5) is 17.2 Å². The van der Waals surface area contributed by atoms with E-state index in [1.807, 2.05) is 81.7 Å². The van der Waals surface area contributed by atoms with Gasteiger partial charge in [0.15, 0.2) is 0 Å². The van der Waals surface area contributed by atoms with E-state index < -0.39 is 0 Å². The number of carbonyl (C=O) groups is 1. The fourth-order valence-electron chi connectivity index (χ4n) is 4.45. The van der Waals surface area contributed by atoms with Crippen LogP contribution >= 0.6 is 11.6 Å². The maximum absolute atomic E-state index is 13.1. The molecule has 0 bridgehead atoms. The molecule has 4 aromatic rings. The number of aryl methyl sites for hydroxylation is 1. The van der Waals surface area contributed by atoms with Gasteiger partial charge in [0.05, 0.1) is 11.4 Å². The normalized spacial score (nSPS) is 15.3. The maximum Gasteiger partial charge on any atom is 0.234 e. The van der Waals surface area contributed by atoms with E-state index in [0.29, 0.717) is 11.4 Å². The summed E-state index contributed by atoms with van der Waals surface area (Å²) in [5.74, 6) is 1.38. The second-order valence-electron chi connectivity index (χ2n) is 8.16. The van der Waals surface area contributed by atoms with Crippen molar-refractivity contribution in [3.63, 3.8) is 0 Å². The van der Waals surface area contributed by atoms with Crippen molar-refractivity contribution in [2.24, 2.45) is 0 Å². The number of benzene rings is 3. The highest BCUT2D eigenvalue weighted by Gasteiger charge is 2.36. The fourth-order valence-corrected chi connectivity index (χ4v) is 4.67. The second-order valence-corrected chi connectivity index (χ2v) is 8.57. The molecule has 0 radical (unpaired) electrons. The van der Waals surface area contributed by atoms with Crippen molar-refractivity contribution in [1.82, 2.24) is 9.97 Å². The first-order valence-electron chi connectivity index (χ1n) is 10.6. The van der Waals surface area contributed by atoms with Gasteiger partial charge in [0, 0.05) is 35.9 Å². The second kappa shape index (κ2) is 7.92. The van der Waals surface area contributed by atoms with Crippen molar-refractivity contribution in [1.29, 1.82) is 0 Å². The number of likely N-dealkylation sites (N-methyl/N-ethyl adjacent to an activating group) is 1. The number of carbonyl (C=O) groups excluding carboxylic acids is 1. The Morgan fingerprint density at radius 2 is 1.78 bits per heavy atom. The Hall–Kier alpha value is -3.44. The molecule has 0 spiro atoms. The lowest BCUT2D eigenvalue weighted by molar-refractivity contribution is -0.119. The van der Waals surface area contributed by atoms with Crippen molar-refractivity contribution in [2.75, 3.05) is 23.9 Å². The van der Waals surface area contributed by atoms with E-state index in [1.165, 1.54) is 0 Å². The van der Waals surface area contributed by atoms with Crippen LogP contribution in [0.1, 0.15) is 22.9 Å². The summed E-state index contributed by atoms with van der Waals surface area (Å²) in [6, 6.07) is 21.9. The monoisotopic (exact) mass is 442 g/mol. The van der Waals surface area contributed by atoms with Crippen molar-refractivity contribution < 1.29 is 4.79 Å². The van der Waals surface area contributed by atoms with E-state index in [9.17, 15) is 4.79 Å². The topological polar surface area (TPSA) is 49.3 Å². The first-order chi connectivity index (χ1) is 15.4. The molecule has 5 rings (SSSR count). The first kappa shape index (κ1) is 20.5. The van der Waals surface area contributed by atoms with Crippen LogP contribution in [0.25, 0.3) is 10.9 Å². The van der Waals surface area contributed by atoms with Gasteiger partial charge in [-0.2, -0.15) is 0 Å². The third-order valence-electron chi connectivity index (χ3n) is 6.16. The number of halogens is 1. The molecule has 0 saturated heterocycles. The van der Waals surface area contributed by atoms with Gasteiger partial charge in [-0.1, -0.05) is 41.9 Å². The average molecular weight is 443 g/mol. The Bertz CT molecular complexity index is 1350. The Morgan fingerprint density at radius 3 is 2.59 bits per heavy atom. The molecule has 1 amide bonds. The molecule has 0 N–H and O–H groups in total. The number of amides is 1. The van der Waals surface area contributed by atoms with Crippen LogP contribution in [0.15, 0.2) is 66.7 Å². The summed E-state index contributed by atoms with van der Waals surface area (Å²) >= 11 is 6.40. The molecule has 0 fully saturated rings. The molecule has 1 aromatic heterocycles. The third kappa shape index (κ3) is 3.39. The predicted octanol–water partition coefficient (Wildman–Crippen LogP) is 5.66. The first-order valence-corrected chi connectivity index (χ1v) is 10.9. The number of para-hydroxylation sites is 1. The summed E-state index contributed by atoms with van der Waals surface area (Å²) in [6.45, 7) is 1.90. The largest absolute Gasteiger partial charge is 0.329 e. The molecule has 2 heterocycles. The van der Waals surface area contributed by atoms with Gasteiger partial charge in [-0.05, 0) is 60.9 Å². The molecule has 3 aromatic carbocycles. The van der Waals surface area contributed by atoms with Crippen LogP contribution in [0.5, 0.6) is 0 Å². The van der Waals surface area contributed by atoms with Crippen LogP contribution in [-0.4, -0.2) is 30.0 Å². The molecular weight excluding hydrogens is 420 g/mol. The average Bonchev–Trinajstić information content (AvgIpc) is 3.03. The molecule has 0 aliphatic carbocycles. The lowest BCUT2D eigenvalue weighted by Crippen LogP contribution is -2.24. The van der Waals surface area contributed by atoms with Crippen molar-refractivity contribution in [2.45, 2.75) is 19.3 Å². The molecule has 160 valence electrons. The van der Waals surface area contributed by atoms with E-state index in [4.69, 9.17) is 16.6 Å². The molecule has 1 atom stereocenters. The highest BCUT2D eigenvalue weighted by atomic mass is 35.5. The number of fused-ring (bicyclic) bond motifs is 2. The van der Waals surface area contributed by atoms with Crippen molar-refractivity contribution in [3.05, 3.63) is 88.7 Å². The predicted molar refractivity (Wildman–Crippen MR) is 130 cm³/mol. The smallest absolute Gasteiger partial charge is 0.234 e. The highest BCUT2D eigenvalue weighted by molar-refractivity contribution is 6.31. The zero-order valence-electron chi connectivity index (χ0n) is 18.2. The quantitative estimate of drug-likeness (QED) is 0.409. The third-order valence-corrected chi connectivity index (χ3v) is 6.53. The molecule has 1 unspecified atom stereocenters. The molecule has 1 aliphatic heterocycles. The number of nitrogens with zero attached hydrogens (tertiary/aromatic N) is 4.